The van der Waals surface area contributed by atoms with Gasteiger partial charge in [0.15, 0.2) is 0 Å². The maximum absolute atomic E-state index is 11.3. The van der Waals surface area contributed by atoms with Crippen molar-refractivity contribution >= 4 is 11.7 Å². The monoisotopic (exact) mass is 315 g/mol. The van der Waals surface area contributed by atoms with Crippen LogP contribution < -0.4 is 5.32 Å². The van der Waals surface area contributed by atoms with Gasteiger partial charge in [-0.15, -0.1) is 0 Å². The molecule has 0 aliphatic heterocycles. The van der Waals surface area contributed by atoms with Crippen LogP contribution in [0, 0.1) is 5.92 Å². The maximum Gasteiger partial charge on any atom is 0.246 e. The number of ether oxygens (including phenoxy) is 3. The minimum Gasteiger partial charge on any atom is -0.379 e. The van der Waals surface area contributed by atoms with Gasteiger partial charge < -0.3 is 19.5 Å². The lowest BCUT2D eigenvalue weighted by atomic mass is 10.1. The molecule has 0 spiro atoms. The number of nitrogens with one attached hydrogen (secondary N) is 1. The molecule has 22 heavy (non-hydrogen) atoms. The van der Waals surface area contributed by atoms with Crippen molar-refractivity contribution in [3.8, 4) is 0 Å². The summed E-state index contributed by atoms with van der Waals surface area (Å²) >= 11 is 0. The zero-order valence-corrected chi connectivity index (χ0v) is 14.0. The van der Waals surface area contributed by atoms with E-state index in [0.717, 1.165) is 0 Å². The first-order valence-corrected chi connectivity index (χ1v) is 7.64. The van der Waals surface area contributed by atoms with Crippen LogP contribution in [-0.4, -0.2) is 57.9 Å². The molecule has 0 atom stereocenters. The summed E-state index contributed by atoms with van der Waals surface area (Å²) in [6.45, 7) is 12.2. The van der Waals surface area contributed by atoms with E-state index in [2.05, 4.69) is 11.9 Å². The van der Waals surface area contributed by atoms with Crippen molar-refractivity contribution in [2.75, 3.05) is 46.2 Å². The first kappa shape index (κ1) is 20.8. The molecule has 0 aliphatic rings. The first-order chi connectivity index (χ1) is 10.4. The van der Waals surface area contributed by atoms with Crippen LogP contribution in [0.4, 0.5) is 0 Å². The smallest absolute Gasteiger partial charge is 0.246 e. The van der Waals surface area contributed by atoms with E-state index in [4.69, 9.17) is 14.2 Å². The van der Waals surface area contributed by atoms with E-state index in [-0.39, 0.29) is 17.6 Å². The Kier molecular flexibility index (Phi) is 12.7. The molecule has 128 valence electrons. The molecular weight excluding hydrogens is 286 g/mol. The van der Waals surface area contributed by atoms with Gasteiger partial charge in [0, 0.05) is 24.5 Å². The van der Waals surface area contributed by atoms with E-state index < -0.39 is 0 Å². The average Bonchev–Trinajstić information content (AvgIpc) is 2.47. The molecule has 0 rings (SSSR count). The van der Waals surface area contributed by atoms with Gasteiger partial charge in [-0.25, -0.2) is 0 Å². The molecule has 0 fully saturated rings. The van der Waals surface area contributed by atoms with Crippen molar-refractivity contribution < 1.29 is 23.8 Å². The van der Waals surface area contributed by atoms with E-state index >= 15 is 0 Å². The van der Waals surface area contributed by atoms with Gasteiger partial charge in [0.2, 0.25) is 5.91 Å². The Balaban J connectivity index is 3.19. The Morgan fingerprint density at radius 3 is 1.95 bits per heavy atom. The maximum atomic E-state index is 11.3. The summed E-state index contributed by atoms with van der Waals surface area (Å²) in [5.41, 5.74) is 0.485. The number of carbonyl (C=O) groups excluding carboxylic acids is 2. The summed E-state index contributed by atoms with van der Waals surface area (Å²) in [5, 5.41) is 2.67. The van der Waals surface area contributed by atoms with Crippen LogP contribution in [0.3, 0.4) is 0 Å². The third kappa shape index (κ3) is 12.5. The zero-order chi connectivity index (χ0) is 16.8. The molecule has 0 aromatic heterocycles. The highest BCUT2D eigenvalue weighted by Gasteiger charge is 2.06. The molecule has 0 aromatic rings. The second kappa shape index (κ2) is 13.4. The summed E-state index contributed by atoms with van der Waals surface area (Å²) in [5.74, 6) is 0.123. The Morgan fingerprint density at radius 1 is 0.955 bits per heavy atom. The Bertz CT molecular complexity index is 341. The lowest BCUT2D eigenvalue weighted by Crippen LogP contribution is -2.27. The van der Waals surface area contributed by atoms with Crippen LogP contribution in [0.2, 0.25) is 0 Å². The van der Waals surface area contributed by atoms with Crippen LogP contribution in [0.15, 0.2) is 12.2 Å². The molecule has 0 saturated heterocycles. The van der Waals surface area contributed by atoms with Crippen LogP contribution >= 0.6 is 0 Å². The summed E-state index contributed by atoms with van der Waals surface area (Å²) < 4.78 is 15.9. The molecule has 1 amide bonds. The second-order valence-electron chi connectivity index (χ2n) is 5.24. The van der Waals surface area contributed by atoms with E-state index in [1.165, 1.54) is 0 Å². The number of amides is 1. The molecule has 0 unspecified atom stereocenters. The first-order valence-electron chi connectivity index (χ1n) is 7.64. The van der Waals surface area contributed by atoms with Crippen molar-refractivity contribution in [2.24, 2.45) is 5.92 Å². The van der Waals surface area contributed by atoms with Gasteiger partial charge in [0.1, 0.15) is 5.78 Å². The largest absolute Gasteiger partial charge is 0.379 e. The van der Waals surface area contributed by atoms with Gasteiger partial charge in [-0.05, 0) is 6.92 Å². The third-order valence-electron chi connectivity index (χ3n) is 2.80. The molecule has 6 nitrogen and oxygen atoms in total. The Morgan fingerprint density at radius 2 is 1.45 bits per heavy atom. The second-order valence-corrected chi connectivity index (χ2v) is 5.24. The van der Waals surface area contributed by atoms with Gasteiger partial charge in [-0.1, -0.05) is 20.4 Å². The van der Waals surface area contributed by atoms with Crippen LogP contribution in [0.5, 0.6) is 0 Å². The Labute approximate surface area is 133 Å². The fourth-order valence-electron chi connectivity index (χ4n) is 1.39. The highest BCUT2D eigenvalue weighted by Crippen LogP contribution is 1.98. The number of ketones is 1. The number of hydrogen-bond acceptors (Lipinski definition) is 5. The predicted molar refractivity (Wildman–Crippen MR) is 84.7 cm³/mol. The van der Waals surface area contributed by atoms with Crippen molar-refractivity contribution in [2.45, 2.75) is 27.2 Å². The molecule has 0 heterocycles. The summed E-state index contributed by atoms with van der Waals surface area (Å²) in [7, 11) is 0. The number of hydrogen-bond donors (Lipinski definition) is 1. The van der Waals surface area contributed by atoms with Crippen molar-refractivity contribution in [3.63, 3.8) is 0 Å². The van der Waals surface area contributed by atoms with E-state index in [1.807, 2.05) is 13.8 Å². The lowest BCUT2D eigenvalue weighted by Gasteiger charge is -2.08. The minimum absolute atomic E-state index is 0.0668. The third-order valence-corrected chi connectivity index (χ3v) is 2.80. The Hall–Kier alpha value is -1.24. The lowest BCUT2D eigenvalue weighted by molar-refractivity contribution is -0.123. The molecule has 0 saturated carbocycles. The molecule has 0 aliphatic carbocycles. The number of carbonyl (C=O) groups is 2. The highest BCUT2D eigenvalue weighted by atomic mass is 16.5. The standard InChI is InChI=1S/C16H29NO5/c1-13(2)15(18)5-7-20-9-11-22-12-10-21-8-6-17-16(19)14(3)4/h13H,3,5-12H2,1-2,4H3,(H,17,19). The highest BCUT2D eigenvalue weighted by molar-refractivity contribution is 5.92. The van der Waals surface area contributed by atoms with Crippen LogP contribution in [0.1, 0.15) is 27.2 Å². The quantitative estimate of drug-likeness (QED) is 0.387. The summed E-state index contributed by atoms with van der Waals surface area (Å²) in [6.07, 6.45) is 0.455. The van der Waals surface area contributed by atoms with Gasteiger partial charge in [0.25, 0.3) is 0 Å². The topological polar surface area (TPSA) is 73.9 Å². The minimum atomic E-state index is -0.159. The molecule has 1 N–H and O–H groups in total. The summed E-state index contributed by atoms with van der Waals surface area (Å²) in [6, 6.07) is 0. The normalized spacial score (nSPS) is 10.7. The van der Waals surface area contributed by atoms with Crippen molar-refractivity contribution in [1.82, 2.24) is 5.32 Å². The molecule has 6 heteroatoms. The van der Waals surface area contributed by atoms with Gasteiger partial charge >= 0.3 is 0 Å². The van der Waals surface area contributed by atoms with E-state index in [1.54, 1.807) is 6.92 Å². The van der Waals surface area contributed by atoms with Crippen LogP contribution in [-0.2, 0) is 23.8 Å². The number of Topliss-reactive ketones (excluding diaryl/α,β-unsaturated/α-hetero) is 1. The fraction of sp³-hybridized carbons (Fsp3) is 0.750. The molecular formula is C16H29NO5. The molecule has 0 bridgehead atoms. The number of rotatable bonds is 14. The molecule has 0 aromatic carbocycles. The van der Waals surface area contributed by atoms with Crippen LogP contribution in [0.25, 0.3) is 0 Å². The van der Waals surface area contributed by atoms with Gasteiger partial charge in [0.05, 0.1) is 39.6 Å². The molecule has 0 radical (unpaired) electrons. The zero-order valence-electron chi connectivity index (χ0n) is 14.0. The van der Waals surface area contributed by atoms with Gasteiger partial charge in [-0.3, -0.25) is 9.59 Å². The van der Waals surface area contributed by atoms with Crippen molar-refractivity contribution in [3.05, 3.63) is 12.2 Å². The van der Waals surface area contributed by atoms with Crippen molar-refractivity contribution in [1.29, 1.82) is 0 Å². The summed E-state index contributed by atoms with van der Waals surface area (Å²) in [4.78, 5) is 22.5. The average molecular weight is 315 g/mol. The van der Waals surface area contributed by atoms with E-state index in [0.29, 0.717) is 58.2 Å². The predicted octanol–water partition coefficient (Wildman–Crippen LogP) is 1.34. The SMILES string of the molecule is C=C(C)C(=O)NCCOCCOCCOCCC(=O)C(C)C. The van der Waals surface area contributed by atoms with E-state index in [9.17, 15) is 9.59 Å². The van der Waals surface area contributed by atoms with Gasteiger partial charge in [-0.2, -0.15) is 0 Å². The fourth-order valence-corrected chi connectivity index (χ4v) is 1.39.